The van der Waals surface area contributed by atoms with Crippen LogP contribution in [0.5, 0.6) is 11.5 Å². The first-order valence-electron chi connectivity index (χ1n) is 8.39. The van der Waals surface area contributed by atoms with Crippen LogP contribution in [0.3, 0.4) is 0 Å². The van der Waals surface area contributed by atoms with E-state index in [-0.39, 0.29) is 5.91 Å². The fourth-order valence-electron chi connectivity index (χ4n) is 3.16. The number of likely N-dealkylation sites (N-methyl/N-ethyl adjacent to an activating group) is 1. The number of methoxy groups -OCH3 is 2. The van der Waals surface area contributed by atoms with E-state index in [1.54, 1.807) is 14.2 Å². The van der Waals surface area contributed by atoms with E-state index in [1.165, 1.54) is 12.8 Å². The number of benzene rings is 1. The fraction of sp³-hybridized carbons (Fsp3) is 0.611. The number of aryl methyl sites for hydroxylation is 1. The Morgan fingerprint density at radius 2 is 2.09 bits per heavy atom. The lowest BCUT2D eigenvalue weighted by Gasteiger charge is -2.22. The van der Waals surface area contributed by atoms with Crippen LogP contribution in [0.25, 0.3) is 0 Å². The number of nitrogens with zero attached hydrogens (tertiary/aromatic N) is 1. The summed E-state index contributed by atoms with van der Waals surface area (Å²) >= 11 is 0. The maximum atomic E-state index is 12.1. The van der Waals surface area contributed by atoms with Crippen LogP contribution in [0.2, 0.25) is 0 Å². The number of hydrogen-bond acceptors (Lipinski definition) is 4. The normalized spacial score (nSPS) is 18.0. The molecule has 0 aromatic heterocycles. The van der Waals surface area contributed by atoms with E-state index in [0.717, 1.165) is 25.2 Å². The number of carbonyl (C=O) groups excluding carboxylic acids is 1. The molecule has 0 saturated carbocycles. The number of rotatable bonds is 8. The molecule has 0 aliphatic carbocycles. The van der Waals surface area contributed by atoms with Gasteiger partial charge < -0.3 is 14.8 Å². The zero-order valence-electron chi connectivity index (χ0n) is 14.4. The zero-order valence-corrected chi connectivity index (χ0v) is 14.4. The molecule has 0 bridgehead atoms. The second kappa shape index (κ2) is 8.77. The van der Waals surface area contributed by atoms with Crippen molar-refractivity contribution in [2.75, 3.05) is 33.9 Å². The predicted molar refractivity (Wildman–Crippen MR) is 91.1 cm³/mol. The minimum absolute atomic E-state index is 0.114. The maximum Gasteiger partial charge on any atom is 0.220 e. The summed E-state index contributed by atoms with van der Waals surface area (Å²) in [6.45, 7) is 5.16. The fourth-order valence-corrected chi connectivity index (χ4v) is 3.16. The van der Waals surface area contributed by atoms with Gasteiger partial charge in [0.15, 0.2) is 11.5 Å². The summed E-state index contributed by atoms with van der Waals surface area (Å²) in [6, 6.07) is 6.29. The lowest BCUT2D eigenvalue weighted by atomic mass is 10.1. The molecule has 1 aromatic carbocycles. The van der Waals surface area contributed by atoms with Crippen LogP contribution in [0.4, 0.5) is 0 Å². The summed E-state index contributed by atoms with van der Waals surface area (Å²) < 4.78 is 10.5. The van der Waals surface area contributed by atoms with Gasteiger partial charge in [-0.25, -0.2) is 0 Å². The van der Waals surface area contributed by atoms with Crippen molar-refractivity contribution in [2.24, 2.45) is 0 Å². The monoisotopic (exact) mass is 320 g/mol. The highest BCUT2D eigenvalue weighted by Gasteiger charge is 2.22. The lowest BCUT2D eigenvalue weighted by molar-refractivity contribution is -0.121. The quantitative estimate of drug-likeness (QED) is 0.798. The SMILES string of the molecule is CCN1CCCC1CNC(=O)CCc1ccc(OC)c(OC)c1. The molecule has 1 fully saturated rings. The topological polar surface area (TPSA) is 50.8 Å². The van der Waals surface area contributed by atoms with E-state index in [2.05, 4.69) is 17.1 Å². The van der Waals surface area contributed by atoms with Gasteiger partial charge in [-0.15, -0.1) is 0 Å². The van der Waals surface area contributed by atoms with Gasteiger partial charge in [0, 0.05) is 19.0 Å². The molecule has 1 amide bonds. The molecule has 23 heavy (non-hydrogen) atoms. The van der Waals surface area contributed by atoms with Crippen molar-refractivity contribution in [1.29, 1.82) is 0 Å². The molecule has 0 spiro atoms. The molecule has 1 N–H and O–H groups in total. The van der Waals surface area contributed by atoms with Crippen LogP contribution >= 0.6 is 0 Å². The maximum absolute atomic E-state index is 12.1. The largest absolute Gasteiger partial charge is 0.493 e. The molecule has 5 heteroatoms. The Balaban J connectivity index is 1.78. The Labute approximate surface area is 139 Å². The van der Waals surface area contributed by atoms with Crippen molar-refractivity contribution in [3.63, 3.8) is 0 Å². The molecular formula is C18H28N2O3. The average Bonchev–Trinajstić information content (AvgIpc) is 3.05. The number of likely N-dealkylation sites (tertiary alicyclic amines) is 1. The second-order valence-electron chi connectivity index (χ2n) is 5.92. The molecule has 1 aliphatic heterocycles. The Hall–Kier alpha value is -1.75. The van der Waals surface area contributed by atoms with Gasteiger partial charge in [0.05, 0.1) is 14.2 Å². The molecule has 1 heterocycles. The van der Waals surface area contributed by atoms with Crippen LogP contribution in [-0.4, -0.2) is 50.7 Å². The molecule has 1 saturated heterocycles. The van der Waals surface area contributed by atoms with Crippen LogP contribution in [-0.2, 0) is 11.2 Å². The Morgan fingerprint density at radius 3 is 2.78 bits per heavy atom. The van der Waals surface area contributed by atoms with Gasteiger partial charge in [0.2, 0.25) is 5.91 Å². The van der Waals surface area contributed by atoms with E-state index in [4.69, 9.17) is 9.47 Å². The first kappa shape index (κ1) is 17.6. The summed E-state index contributed by atoms with van der Waals surface area (Å²) in [4.78, 5) is 14.5. The van der Waals surface area contributed by atoms with E-state index >= 15 is 0 Å². The predicted octanol–water partition coefficient (Wildman–Crippen LogP) is 2.24. The first-order chi connectivity index (χ1) is 11.2. The van der Waals surface area contributed by atoms with Crippen LogP contribution in [0.1, 0.15) is 31.7 Å². The zero-order chi connectivity index (χ0) is 16.7. The smallest absolute Gasteiger partial charge is 0.220 e. The van der Waals surface area contributed by atoms with Crippen LogP contribution < -0.4 is 14.8 Å². The molecule has 128 valence electrons. The number of amides is 1. The summed E-state index contributed by atoms with van der Waals surface area (Å²) in [7, 11) is 3.24. The molecular weight excluding hydrogens is 292 g/mol. The summed E-state index contributed by atoms with van der Waals surface area (Å²) in [5.74, 6) is 1.53. The highest BCUT2D eigenvalue weighted by molar-refractivity contribution is 5.76. The van der Waals surface area contributed by atoms with Crippen molar-refractivity contribution in [3.8, 4) is 11.5 Å². The van der Waals surface area contributed by atoms with Crippen molar-refractivity contribution in [1.82, 2.24) is 10.2 Å². The minimum atomic E-state index is 0.114. The first-order valence-corrected chi connectivity index (χ1v) is 8.39. The molecule has 1 atom stereocenters. The Bertz CT molecular complexity index is 519. The average molecular weight is 320 g/mol. The van der Waals surface area contributed by atoms with Crippen molar-refractivity contribution in [3.05, 3.63) is 23.8 Å². The molecule has 1 aliphatic rings. The highest BCUT2D eigenvalue weighted by Crippen LogP contribution is 2.27. The van der Waals surface area contributed by atoms with Gasteiger partial charge in [-0.3, -0.25) is 9.69 Å². The van der Waals surface area contributed by atoms with E-state index < -0.39 is 0 Å². The van der Waals surface area contributed by atoms with Crippen LogP contribution in [0.15, 0.2) is 18.2 Å². The van der Waals surface area contributed by atoms with Crippen LogP contribution in [0, 0.1) is 0 Å². The number of carbonyl (C=O) groups is 1. The molecule has 1 unspecified atom stereocenters. The standard InChI is InChI=1S/C18H28N2O3/c1-4-20-11-5-6-15(20)13-19-18(21)10-8-14-7-9-16(22-2)17(12-14)23-3/h7,9,12,15H,4-6,8,10-11,13H2,1-3H3,(H,19,21). The van der Waals surface area contributed by atoms with Crippen molar-refractivity contribution < 1.29 is 14.3 Å². The Kier molecular flexibility index (Phi) is 6.71. The summed E-state index contributed by atoms with van der Waals surface area (Å²) in [5.41, 5.74) is 1.08. The number of hydrogen-bond donors (Lipinski definition) is 1. The lowest BCUT2D eigenvalue weighted by Crippen LogP contribution is -2.40. The third-order valence-electron chi connectivity index (χ3n) is 4.53. The molecule has 1 aromatic rings. The Morgan fingerprint density at radius 1 is 1.30 bits per heavy atom. The molecule has 5 nitrogen and oxygen atoms in total. The molecule has 2 rings (SSSR count). The van der Waals surface area contributed by atoms with Gasteiger partial charge in [0.1, 0.15) is 0 Å². The van der Waals surface area contributed by atoms with Crippen molar-refractivity contribution >= 4 is 5.91 Å². The second-order valence-corrected chi connectivity index (χ2v) is 5.92. The summed E-state index contributed by atoms with van der Waals surface area (Å²) in [6.07, 6.45) is 3.62. The van der Waals surface area contributed by atoms with Gasteiger partial charge in [0.25, 0.3) is 0 Å². The number of nitrogens with one attached hydrogen (secondary N) is 1. The third-order valence-corrected chi connectivity index (χ3v) is 4.53. The van der Waals surface area contributed by atoms with Gasteiger partial charge in [-0.1, -0.05) is 13.0 Å². The van der Waals surface area contributed by atoms with E-state index in [1.807, 2.05) is 18.2 Å². The summed E-state index contributed by atoms with van der Waals surface area (Å²) in [5, 5.41) is 3.07. The molecule has 0 radical (unpaired) electrons. The van der Waals surface area contributed by atoms with Gasteiger partial charge >= 0.3 is 0 Å². The van der Waals surface area contributed by atoms with Gasteiger partial charge in [-0.2, -0.15) is 0 Å². The number of ether oxygens (including phenoxy) is 2. The van der Waals surface area contributed by atoms with Gasteiger partial charge in [-0.05, 0) is 50.0 Å². The minimum Gasteiger partial charge on any atom is -0.493 e. The highest BCUT2D eigenvalue weighted by atomic mass is 16.5. The third kappa shape index (κ3) is 4.86. The van der Waals surface area contributed by atoms with Crippen molar-refractivity contribution in [2.45, 2.75) is 38.6 Å². The van der Waals surface area contributed by atoms with E-state index in [9.17, 15) is 4.79 Å². The van der Waals surface area contributed by atoms with E-state index in [0.29, 0.717) is 30.4 Å².